The molecule has 1 N–H and O–H groups in total. The van der Waals surface area contributed by atoms with E-state index in [4.69, 9.17) is 4.74 Å². The Labute approximate surface area is 157 Å². The number of hydrogen-bond acceptors (Lipinski definition) is 6. The van der Waals surface area contributed by atoms with Crippen LogP contribution in [0.1, 0.15) is 19.4 Å². The van der Waals surface area contributed by atoms with Gasteiger partial charge in [0.2, 0.25) is 5.44 Å². The predicted molar refractivity (Wildman–Crippen MR) is 107 cm³/mol. The molecule has 0 saturated heterocycles. The van der Waals surface area contributed by atoms with Crippen LogP contribution in [0.4, 0.5) is 0 Å². The van der Waals surface area contributed by atoms with Gasteiger partial charge in [0.05, 0.1) is 17.3 Å². The number of aromatic nitrogens is 1. The molecular formula is C19H23N3O3S. The van der Waals surface area contributed by atoms with Gasteiger partial charge >= 0.3 is 0 Å². The van der Waals surface area contributed by atoms with Crippen LogP contribution in [0.25, 0.3) is 17.0 Å². The summed E-state index contributed by atoms with van der Waals surface area (Å²) in [6.45, 7) is 7.40. The normalized spacial score (nSPS) is 12.8. The third-order valence-electron chi connectivity index (χ3n) is 3.51. The Balaban J connectivity index is 2.16. The van der Waals surface area contributed by atoms with Crippen molar-refractivity contribution < 1.29 is 14.4 Å². The first kappa shape index (κ1) is 19.8. The fourth-order valence-corrected chi connectivity index (χ4v) is 2.72. The van der Waals surface area contributed by atoms with Crippen LogP contribution in [0.3, 0.4) is 0 Å². The summed E-state index contributed by atoms with van der Waals surface area (Å²) in [7, 11) is 1.45. The molecule has 26 heavy (non-hydrogen) atoms. The van der Waals surface area contributed by atoms with Crippen molar-refractivity contribution in [2.75, 3.05) is 13.4 Å². The zero-order valence-electron chi connectivity index (χ0n) is 15.4. The van der Waals surface area contributed by atoms with Crippen LogP contribution >= 0.6 is 11.8 Å². The lowest BCUT2D eigenvalue weighted by molar-refractivity contribution is -0.125. The lowest BCUT2D eigenvalue weighted by atomic mass is 10.1. The molecule has 1 atom stereocenters. The third kappa shape index (κ3) is 5.23. The number of hydrogen-bond donors (Lipinski definition) is 1. The maximum absolute atomic E-state index is 12.5. The molecule has 1 heterocycles. The van der Waals surface area contributed by atoms with Gasteiger partial charge < -0.3 is 14.9 Å². The molecule has 2 rings (SSSR count). The molecular weight excluding hydrogens is 350 g/mol. The molecule has 0 aliphatic heterocycles. The number of pyridine rings is 1. The number of oxime groups is 1. The third-order valence-corrected chi connectivity index (χ3v) is 4.25. The lowest BCUT2D eigenvalue weighted by Crippen LogP contribution is -2.49. The Morgan fingerprint density at radius 2 is 2.19 bits per heavy atom. The van der Waals surface area contributed by atoms with Gasteiger partial charge in [-0.15, -0.1) is 11.8 Å². The SMILES string of the molecule is C=Cc1cnc2ccc(OC(SC)C(=O)NC(C)(C)/C=N/OC)cc2c1. The van der Waals surface area contributed by atoms with E-state index >= 15 is 0 Å². The minimum absolute atomic E-state index is 0.247. The maximum Gasteiger partial charge on any atom is 0.272 e. The molecule has 0 fully saturated rings. The quantitative estimate of drug-likeness (QED) is 0.436. The molecule has 6 nitrogen and oxygen atoms in total. The monoisotopic (exact) mass is 373 g/mol. The van der Waals surface area contributed by atoms with Crippen LogP contribution in [0, 0.1) is 0 Å². The minimum atomic E-state index is -0.696. The molecule has 0 saturated carbocycles. The first-order chi connectivity index (χ1) is 12.4. The highest BCUT2D eigenvalue weighted by Crippen LogP contribution is 2.23. The zero-order valence-corrected chi connectivity index (χ0v) is 16.2. The number of nitrogens with one attached hydrogen (secondary N) is 1. The first-order valence-electron chi connectivity index (χ1n) is 8.00. The number of rotatable bonds is 8. The summed E-state index contributed by atoms with van der Waals surface area (Å²) < 4.78 is 5.88. The van der Waals surface area contributed by atoms with Gasteiger partial charge in [-0.3, -0.25) is 9.78 Å². The highest BCUT2D eigenvalue weighted by Gasteiger charge is 2.26. The average Bonchev–Trinajstić information content (AvgIpc) is 2.63. The predicted octanol–water partition coefficient (Wildman–Crippen LogP) is 3.47. The number of amides is 1. The van der Waals surface area contributed by atoms with E-state index in [9.17, 15) is 4.79 Å². The Kier molecular flexibility index (Phi) is 6.63. The van der Waals surface area contributed by atoms with Crippen molar-refractivity contribution in [2.45, 2.75) is 24.8 Å². The highest BCUT2D eigenvalue weighted by molar-refractivity contribution is 7.99. The van der Waals surface area contributed by atoms with Gasteiger partial charge in [0.1, 0.15) is 12.9 Å². The second-order valence-electron chi connectivity index (χ2n) is 6.14. The second-order valence-corrected chi connectivity index (χ2v) is 7.04. The summed E-state index contributed by atoms with van der Waals surface area (Å²) in [4.78, 5) is 21.6. The van der Waals surface area contributed by atoms with Gasteiger partial charge in [0.15, 0.2) is 0 Å². The summed E-state index contributed by atoms with van der Waals surface area (Å²) in [5.74, 6) is 0.349. The van der Waals surface area contributed by atoms with Crippen molar-refractivity contribution in [3.05, 3.63) is 42.6 Å². The summed E-state index contributed by atoms with van der Waals surface area (Å²) in [6.07, 6.45) is 6.85. The molecule has 0 bridgehead atoms. The van der Waals surface area contributed by atoms with Gasteiger partial charge in [0, 0.05) is 11.6 Å². The molecule has 1 unspecified atom stereocenters. The lowest BCUT2D eigenvalue weighted by Gasteiger charge is -2.24. The molecule has 138 valence electrons. The van der Waals surface area contributed by atoms with Crippen molar-refractivity contribution in [1.29, 1.82) is 0 Å². The van der Waals surface area contributed by atoms with E-state index in [0.717, 1.165) is 16.5 Å². The van der Waals surface area contributed by atoms with Gasteiger partial charge in [-0.25, -0.2) is 0 Å². The largest absolute Gasteiger partial charge is 0.470 e. The Morgan fingerprint density at radius 3 is 2.85 bits per heavy atom. The molecule has 1 aromatic carbocycles. The van der Waals surface area contributed by atoms with Gasteiger partial charge in [0.25, 0.3) is 5.91 Å². The van der Waals surface area contributed by atoms with Crippen molar-refractivity contribution in [3.63, 3.8) is 0 Å². The molecule has 0 spiro atoms. The number of carbonyl (C=O) groups is 1. The number of nitrogens with zero attached hydrogens (tertiary/aromatic N) is 2. The second kappa shape index (κ2) is 8.71. The Hall–Kier alpha value is -2.54. The van der Waals surface area contributed by atoms with E-state index in [1.54, 1.807) is 18.3 Å². The molecule has 0 radical (unpaired) electrons. The number of thioether (sulfide) groups is 1. The van der Waals surface area contributed by atoms with Crippen LogP contribution in [-0.4, -0.2) is 41.4 Å². The highest BCUT2D eigenvalue weighted by atomic mass is 32.2. The number of benzene rings is 1. The first-order valence-corrected chi connectivity index (χ1v) is 9.28. The van der Waals surface area contributed by atoms with Crippen LogP contribution in [0.2, 0.25) is 0 Å². The topological polar surface area (TPSA) is 72.8 Å². The fraction of sp³-hybridized carbons (Fsp3) is 0.316. The molecule has 1 aromatic heterocycles. The van der Waals surface area contributed by atoms with Gasteiger partial charge in [-0.2, -0.15) is 0 Å². The molecule has 7 heteroatoms. The summed E-state index contributed by atoms with van der Waals surface area (Å²) in [5.41, 5.74) is 0.424. The van der Waals surface area contributed by atoms with Gasteiger partial charge in [-0.1, -0.05) is 17.8 Å². The maximum atomic E-state index is 12.5. The van der Waals surface area contributed by atoms with Crippen LogP contribution in [-0.2, 0) is 9.63 Å². The summed E-state index contributed by atoms with van der Waals surface area (Å²) >= 11 is 1.31. The standard InChI is InChI=1S/C19H23N3O3S/c1-6-13-9-14-10-15(7-8-16(14)20-11-13)25-18(26-5)17(23)22-19(2,3)12-21-24-4/h6-12,18H,1H2,2-5H3,(H,22,23)/b21-12+. The van der Waals surface area contributed by atoms with E-state index in [0.29, 0.717) is 5.75 Å². The number of carbonyl (C=O) groups excluding carboxylic acids is 1. The van der Waals surface area contributed by atoms with E-state index in [-0.39, 0.29) is 5.91 Å². The van der Waals surface area contributed by atoms with E-state index in [1.165, 1.54) is 25.1 Å². The van der Waals surface area contributed by atoms with E-state index < -0.39 is 11.0 Å². The van der Waals surface area contributed by atoms with Crippen LogP contribution in [0.5, 0.6) is 5.75 Å². The molecule has 2 aromatic rings. The van der Waals surface area contributed by atoms with Crippen molar-refractivity contribution in [3.8, 4) is 5.75 Å². The van der Waals surface area contributed by atoms with E-state index in [1.807, 2.05) is 38.3 Å². The smallest absolute Gasteiger partial charge is 0.272 e. The van der Waals surface area contributed by atoms with Crippen molar-refractivity contribution >= 4 is 40.9 Å². The Morgan fingerprint density at radius 1 is 1.42 bits per heavy atom. The molecule has 0 aliphatic rings. The zero-order chi connectivity index (χ0) is 19.2. The van der Waals surface area contributed by atoms with Crippen molar-refractivity contribution in [2.24, 2.45) is 5.16 Å². The van der Waals surface area contributed by atoms with Crippen LogP contribution in [0.15, 0.2) is 42.2 Å². The number of ether oxygens (including phenoxy) is 1. The molecule has 1 amide bonds. The summed E-state index contributed by atoms with van der Waals surface area (Å²) in [6, 6.07) is 7.50. The van der Waals surface area contributed by atoms with E-state index in [2.05, 4.69) is 26.9 Å². The molecule has 0 aliphatic carbocycles. The van der Waals surface area contributed by atoms with Gasteiger partial charge in [-0.05, 0) is 49.9 Å². The fourth-order valence-electron chi connectivity index (χ4n) is 2.24. The number of fused-ring (bicyclic) bond motifs is 1. The average molecular weight is 373 g/mol. The summed E-state index contributed by atoms with van der Waals surface area (Å²) in [5, 5.41) is 7.52. The minimum Gasteiger partial charge on any atom is -0.470 e. The van der Waals surface area contributed by atoms with Crippen molar-refractivity contribution in [1.82, 2.24) is 10.3 Å². The Bertz CT molecular complexity index is 821. The van der Waals surface area contributed by atoms with Crippen LogP contribution < -0.4 is 10.1 Å².